The second kappa shape index (κ2) is 9.02. The van der Waals surface area contributed by atoms with Crippen molar-refractivity contribution in [3.63, 3.8) is 0 Å². The standard InChI is InChI=1S/C23H22Cl2N2O3/c1-13-9-15(3)18(10-14(13)2)20(28)12-30-23(29)21-16(4)26-27(22(21)25)11-17-7-5-6-8-19(17)24/h5-10H,11-12H2,1-4H3. The van der Waals surface area contributed by atoms with E-state index in [2.05, 4.69) is 5.10 Å². The van der Waals surface area contributed by atoms with E-state index in [0.717, 1.165) is 22.3 Å². The largest absolute Gasteiger partial charge is 0.454 e. The summed E-state index contributed by atoms with van der Waals surface area (Å²) < 4.78 is 6.76. The van der Waals surface area contributed by atoms with Crippen molar-refractivity contribution in [3.8, 4) is 0 Å². The van der Waals surface area contributed by atoms with E-state index in [-0.39, 0.29) is 23.1 Å². The van der Waals surface area contributed by atoms with Crippen molar-refractivity contribution in [1.82, 2.24) is 9.78 Å². The van der Waals surface area contributed by atoms with Crippen molar-refractivity contribution >= 4 is 35.0 Å². The van der Waals surface area contributed by atoms with Crippen LogP contribution in [0.5, 0.6) is 0 Å². The number of esters is 1. The van der Waals surface area contributed by atoms with Gasteiger partial charge < -0.3 is 4.74 Å². The van der Waals surface area contributed by atoms with E-state index in [9.17, 15) is 9.59 Å². The van der Waals surface area contributed by atoms with E-state index in [1.807, 2.05) is 51.1 Å². The Bertz CT molecular complexity index is 1140. The van der Waals surface area contributed by atoms with Crippen LogP contribution in [0.4, 0.5) is 0 Å². The number of benzene rings is 2. The Balaban J connectivity index is 1.75. The van der Waals surface area contributed by atoms with Gasteiger partial charge in [-0.25, -0.2) is 9.48 Å². The molecule has 0 atom stereocenters. The van der Waals surface area contributed by atoms with Crippen LogP contribution in [0.1, 0.15) is 48.7 Å². The van der Waals surface area contributed by atoms with Gasteiger partial charge in [0.05, 0.1) is 12.2 Å². The maximum atomic E-state index is 12.6. The van der Waals surface area contributed by atoms with Crippen molar-refractivity contribution in [2.45, 2.75) is 34.2 Å². The van der Waals surface area contributed by atoms with Crippen molar-refractivity contribution in [2.24, 2.45) is 0 Å². The van der Waals surface area contributed by atoms with Gasteiger partial charge in [-0.2, -0.15) is 5.10 Å². The third-order valence-electron chi connectivity index (χ3n) is 5.02. The Kier molecular flexibility index (Phi) is 6.64. The molecule has 0 N–H and O–H groups in total. The predicted molar refractivity (Wildman–Crippen MR) is 118 cm³/mol. The van der Waals surface area contributed by atoms with Gasteiger partial charge in [0.25, 0.3) is 0 Å². The first-order chi connectivity index (χ1) is 14.2. The van der Waals surface area contributed by atoms with E-state index in [1.165, 1.54) is 4.68 Å². The molecule has 0 spiro atoms. The summed E-state index contributed by atoms with van der Waals surface area (Å²) >= 11 is 12.6. The number of aryl methyl sites for hydroxylation is 4. The molecule has 3 aromatic rings. The molecule has 3 rings (SSSR count). The Morgan fingerprint density at radius 1 is 1.00 bits per heavy atom. The van der Waals surface area contributed by atoms with Crippen molar-refractivity contribution in [1.29, 1.82) is 0 Å². The van der Waals surface area contributed by atoms with Gasteiger partial charge in [-0.3, -0.25) is 4.79 Å². The number of hydrogen-bond donors (Lipinski definition) is 0. The van der Waals surface area contributed by atoms with Gasteiger partial charge >= 0.3 is 5.97 Å². The zero-order valence-corrected chi connectivity index (χ0v) is 18.8. The van der Waals surface area contributed by atoms with Crippen LogP contribution < -0.4 is 0 Å². The SMILES string of the molecule is Cc1cc(C)c(C(=O)COC(=O)c2c(C)nn(Cc3ccccc3Cl)c2Cl)cc1C. The minimum Gasteiger partial charge on any atom is -0.454 e. The van der Waals surface area contributed by atoms with Crippen molar-refractivity contribution in [2.75, 3.05) is 6.61 Å². The Morgan fingerprint density at radius 3 is 2.37 bits per heavy atom. The molecule has 156 valence electrons. The molecule has 0 saturated heterocycles. The smallest absolute Gasteiger partial charge is 0.343 e. The highest BCUT2D eigenvalue weighted by Gasteiger charge is 2.23. The van der Waals surface area contributed by atoms with Crippen LogP contribution in [-0.2, 0) is 11.3 Å². The molecule has 0 bridgehead atoms. The maximum absolute atomic E-state index is 12.6. The van der Waals surface area contributed by atoms with Crippen molar-refractivity contribution < 1.29 is 14.3 Å². The average Bonchev–Trinajstić information content (AvgIpc) is 2.97. The first kappa shape index (κ1) is 22.1. The Morgan fingerprint density at radius 2 is 1.67 bits per heavy atom. The number of Topliss-reactive ketones (excluding diaryl/α,β-unsaturated/α-hetero) is 1. The topological polar surface area (TPSA) is 61.2 Å². The van der Waals surface area contributed by atoms with Gasteiger partial charge in [0.15, 0.2) is 6.61 Å². The number of carbonyl (C=O) groups is 2. The highest BCUT2D eigenvalue weighted by molar-refractivity contribution is 6.33. The maximum Gasteiger partial charge on any atom is 0.343 e. The molecule has 0 radical (unpaired) electrons. The van der Waals surface area contributed by atoms with E-state index >= 15 is 0 Å². The molecule has 5 nitrogen and oxygen atoms in total. The summed E-state index contributed by atoms with van der Waals surface area (Å²) in [6.07, 6.45) is 0. The lowest BCUT2D eigenvalue weighted by atomic mass is 9.98. The molecule has 0 aliphatic carbocycles. The van der Waals surface area contributed by atoms with Crippen LogP contribution in [0.25, 0.3) is 0 Å². The monoisotopic (exact) mass is 444 g/mol. The number of halogens is 2. The lowest BCUT2D eigenvalue weighted by Crippen LogP contribution is -2.16. The number of rotatable bonds is 6. The van der Waals surface area contributed by atoms with E-state index in [4.69, 9.17) is 27.9 Å². The molecule has 1 aromatic heterocycles. The van der Waals surface area contributed by atoms with E-state index < -0.39 is 5.97 Å². The van der Waals surface area contributed by atoms with Gasteiger partial charge in [0.1, 0.15) is 10.7 Å². The van der Waals surface area contributed by atoms with Gasteiger partial charge in [0.2, 0.25) is 5.78 Å². The summed E-state index contributed by atoms with van der Waals surface area (Å²) in [7, 11) is 0. The molecule has 30 heavy (non-hydrogen) atoms. The molecule has 0 aliphatic heterocycles. The molecular weight excluding hydrogens is 423 g/mol. The average molecular weight is 445 g/mol. The number of ketones is 1. The molecule has 1 heterocycles. The van der Waals surface area contributed by atoms with Gasteiger partial charge in [-0.05, 0) is 62.1 Å². The fraction of sp³-hybridized carbons (Fsp3) is 0.261. The third kappa shape index (κ3) is 4.58. The molecular formula is C23H22Cl2N2O3. The lowest BCUT2D eigenvalue weighted by molar-refractivity contribution is 0.0474. The van der Waals surface area contributed by atoms with E-state index in [0.29, 0.717) is 22.8 Å². The van der Waals surface area contributed by atoms with Crippen LogP contribution in [0.2, 0.25) is 10.2 Å². The summed E-state index contributed by atoms with van der Waals surface area (Å²) in [5.74, 6) is -0.945. The summed E-state index contributed by atoms with van der Waals surface area (Å²) in [4.78, 5) is 25.2. The van der Waals surface area contributed by atoms with Crippen LogP contribution in [0.3, 0.4) is 0 Å². The predicted octanol–water partition coefficient (Wildman–Crippen LogP) is 5.51. The van der Waals surface area contributed by atoms with Crippen molar-refractivity contribution in [3.05, 3.63) is 85.6 Å². The van der Waals surface area contributed by atoms with Crippen LogP contribution in [0, 0.1) is 27.7 Å². The van der Waals surface area contributed by atoms with Gasteiger partial charge in [0, 0.05) is 10.6 Å². The number of nitrogens with zero attached hydrogens (tertiary/aromatic N) is 2. The number of aromatic nitrogens is 2. The fourth-order valence-electron chi connectivity index (χ4n) is 3.22. The molecule has 0 fully saturated rings. The Labute approximate surface area is 185 Å². The van der Waals surface area contributed by atoms with Gasteiger partial charge in [-0.1, -0.05) is 47.5 Å². The quantitative estimate of drug-likeness (QED) is 0.371. The summed E-state index contributed by atoms with van der Waals surface area (Å²) in [6.45, 7) is 7.40. The Hall–Kier alpha value is -2.63. The molecule has 0 saturated carbocycles. The number of ether oxygens (including phenoxy) is 1. The highest BCUT2D eigenvalue weighted by atomic mass is 35.5. The fourth-order valence-corrected chi connectivity index (χ4v) is 3.73. The zero-order chi connectivity index (χ0) is 22.0. The van der Waals surface area contributed by atoms with Crippen LogP contribution >= 0.6 is 23.2 Å². The summed E-state index contributed by atoms with van der Waals surface area (Å²) in [5, 5.41) is 5.06. The second-order valence-electron chi connectivity index (χ2n) is 7.25. The van der Waals surface area contributed by atoms with Crippen LogP contribution in [0.15, 0.2) is 36.4 Å². The molecule has 0 amide bonds. The number of carbonyl (C=O) groups excluding carboxylic acids is 2. The minimum absolute atomic E-state index is 0.146. The first-order valence-electron chi connectivity index (χ1n) is 9.43. The molecule has 7 heteroatoms. The third-order valence-corrected chi connectivity index (χ3v) is 5.78. The molecule has 0 aliphatic rings. The highest BCUT2D eigenvalue weighted by Crippen LogP contribution is 2.24. The van der Waals surface area contributed by atoms with Gasteiger partial charge in [-0.15, -0.1) is 0 Å². The lowest BCUT2D eigenvalue weighted by Gasteiger charge is -2.10. The van der Waals surface area contributed by atoms with E-state index in [1.54, 1.807) is 13.0 Å². The minimum atomic E-state index is -0.683. The normalized spacial score (nSPS) is 10.9. The van der Waals surface area contributed by atoms with Crippen LogP contribution in [-0.4, -0.2) is 28.1 Å². The first-order valence-corrected chi connectivity index (χ1v) is 10.2. The second-order valence-corrected chi connectivity index (χ2v) is 8.02. The summed E-state index contributed by atoms with van der Waals surface area (Å²) in [6, 6.07) is 11.1. The zero-order valence-electron chi connectivity index (χ0n) is 17.3. The molecule has 0 unspecified atom stereocenters. The number of hydrogen-bond acceptors (Lipinski definition) is 4. The summed E-state index contributed by atoms with van der Waals surface area (Å²) in [5.41, 5.74) is 4.90. The molecule has 2 aromatic carbocycles.